The van der Waals surface area contributed by atoms with E-state index in [1.807, 2.05) is 47.4 Å². The topological polar surface area (TPSA) is 62.7 Å². The lowest BCUT2D eigenvalue weighted by molar-refractivity contribution is -0.142. The molecule has 0 N–H and O–H groups in total. The van der Waals surface area contributed by atoms with Gasteiger partial charge < -0.3 is 14.5 Å². The van der Waals surface area contributed by atoms with Crippen molar-refractivity contribution in [3.05, 3.63) is 59.9 Å². The van der Waals surface area contributed by atoms with E-state index in [4.69, 9.17) is 4.74 Å². The molecule has 6 nitrogen and oxygen atoms in total. The fourth-order valence-electron chi connectivity index (χ4n) is 3.51. The van der Waals surface area contributed by atoms with Gasteiger partial charge in [-0.3, -0.25) is 14.6 Å². The Hall–Kier alpha value is -2.89. The third-order valence-electron chi connectivity index (χ3n) is 5.18. The minimum Gasteiger partial charge on any atom is -0.497 e. The second-order valence-electron chi connectivity index (χ2n) is 7.19. The molecule has 1 aromatic heterocycles. The number of benzene rings is 1. The van der Waals surface area contributed by atoms with Crippen LogP contribution in [0.15, 0.2) is 48.7 Å². The van der Waals surface area contributed by atoms with Gasteiger partial charge >= 0.3 is 0 Å². The molecule has 0 bridgehead atoms. The van der Waals surface area contributed by atoms with E-state index in [9.17, 15) is 9.59 Å². The SMILES string of the molecule is COc1ccc(CCN2C[C@@H](C(=O)N(C)Cc3ccccn3)CCC2=O)cc1. The Morgan fingerprint density at radius 3 is 2.71 bits per heavy atom. The first-order chi connectivity index (χ1) is 13.6. The molecule has 2 heterocycles. The molecule has 28 heavy (non-hydrogen) atoms. The summed E-state index contributed by atoms with van der Waals surface area (Å²) >= 11 is 0. The third-order valence-corrected chi connectivity index (χ3v) is 5.18. The van der Waals surface area contributed by atoms with E-state index >= 15 is 0 Å². The van der Waals surface area contributed by atoms with Crippen LogP contribution in [0.1, 0.15) is 24.1 Å². The number of methoxy groups -OCH3 is 1. The minimum absolute atomic E-state index is 0.0765. The number of hydrogen-bond acceptors (Lipinski definition) is 4. The van der Waals surface area contributed by atoms with Crippen LogP contribution in [0.25, 0.3) is 0 Å². The Bertz CT molecular complexity index is 792. The lowest BCUT2D eigenvalue weighted by atomic mass is 9.95. The number of nitrogens with zero attached hydrogens (tertiary/aromatic N) is 3. The van der Waals surface area contributed by atoms with Gasteiger partial charge in [-0.15, -0.1) is 0 Å². The number of pyridine rings is 1. The first kappa shape index (κ1) is 19.9. The number of amides is 2. The Labute approximate surface area is 166 Å². The summed E-state index contributed by atoms with van der Waals surface area (Å²) in [4.78, 5) is 33.0. The summed E-state index contributed by atoms with van der Waals surface area (Å²) in [5, 5.41) is 0. The van der Waals surface area contributed by atoms with Crippen LogP contribution in [0.5, 0.6) is 5.75 Å². The van der Waals surface area contributed by atoms with Crippen LogP contribution in [0.2, 0.25) is 0 Å². The van der Waals surface area contributed by atoms with Crippen LogP contribution < -0.4 is 4.74 Å². The van der Waals surface area contributed by atoms with Gasteiger partial charge in [0.1, 0.15) is 5.75 Å². The van der Waals surface area contributed by atoms with Crippen molar-refractivity contribution in [3.63, 3.8) is 0 Å². The van der Waals surface area contributed by atoms with Crippen molar-refractivity contribution in [3.8, 4) is 5.75 Å². The normalized spacial score (nSPS) is 16.7. The van der Waals surface area contributed by atoms with Gasteiger partial charge in [0.25, 0.3) is 0 Å². The molecule has 1 atom stereocenters. The smallest absolute Gasteiger partial charge is 0.227 e. The molecule has 2 amide bonds. The molecule has 1 aliphatic rings. The van der Waals surface area contributed by atoms with E-state index in [1.165, 1.54) is 0 Å². The molecule has 0 spiro atoms. The van der Waals surface area contributed by atoms with Crippen molar-refractivity contribution in [2.24, 2.45) is 5.92 Å². The number of hydrogen-bond donors (Lipinski definition) is 0. The molecule has 2 aromatic rings. The van der Waals surface area contributed by atoms with Gasteiger partial charge in [0.05, 0.1) is 25.3 Å². The van der Waals surface area contributed by atoms with Gasteiger partial charge in [-0.2, -0.15) is 0 Å². The predicted molar refractivity (Wildman–Crippen MR) is 107 cm³/mol. The average Bonchev–Trinajstić information content (AvgIpc) is 2.73. The maximum atomic E-state index is 12.8. The molecule has 1 aromatic carbocycles. The van der Waals surface area contributed by atoms with Crippen LogP contribution in [0.4, 0.5) is 0 Å². The molecular formula is C22H27N3O3. The molecule has 1 aliphatic heterocycles. The van der Waals surface area contributed by atoms with Gasteiger partial charge in [0.2, 0.25) is 11.8 Å². The second kappa shape index (κ2) is 9.35. The van der Waals surface area contributed by atoms with E-state index in [2.05, 4.69) is 4.98 Å². The second-order valence-corrected chi connectivity index (χ2v) is 7.19. The fourth-order valence-corrected chi connectivity index (χ4v) is 3.51. The van der Waals surface area contributed by atoms with Crippen LogP contribution in [-0.2, 0) is 22.6 Å². The van der Waals surface area contributed by atoms with Gasteiger partial charge in [-0.1, -0.05) is 18.2 Å². The fraction of sp³-hybridized carbons (Fsp3) is 0.409. The molecule has 0 saturated carbocycles. The zero-order chi connectivity index (χ0) is 19.9. The highest BCUT2D eigenvalue weighted by atomic mass is 16.5. The number of piperidine rings is 1. The quantitative estimate of drug-likeness (QED) is 0.739. The zero-order valence-electron chi connectivity index (χ0n) is 16.5. The highest BCUT2D eigenvalue weighted by Gasteiger charge is 2.31. The van der Waals surface area contributed by atoms with E-state index in [0.717, 1.165) is 23.4 Å². The van der Waals surface area contributed by atoms with Gasteiger partial charge in [-0.25, -0.2) is 0 Å². The lowest BCUT2D eigenvalue weighted by Crippen LogP contribution is -2.46. The summed E-state index contributed by atoms with van der Waals surface area (Å²) < 4.78 is 5.17. The van der Waals surface area contributed by atoms with Crippen molar-refractivity contribution in [1.29, 1.82) is 0 Å². The Morgan fingerprint density at radius 1 is 1.25 bits per heavy atom. The molecule has 0 aliphatic carbocycles. The largest absolute Gasteiger partial charge is 0.497 e. The minimum atomic E-state index is -0.151. The lowest BCUT2D eigenvalue weighted by Gasteiger charge is -2.34. The van der Waals surface area contributed by atoms with E-state index < -0.39 is 0 Å². The predicted octanol–water partition coefficient (Wildman–Crippen LogP) is 2.53. The summed E-state index contributed by atoms with van der Waals surface area (Å²) in [7, 11) is 3.44. The van der Waals surface area contributed by atoms with Crippen molar-refractivity contribution in [2.75, 3.05) is 27.2 Å². The van der Waals surface area contributed by atoms with E-state index in [0.29, 0.717) is 32.5 Å². The Kier molecular flexibility index (Phi) is 6.63. The molecular weight excluding hydrogens is 354 g/mol. The summed E-state index contributed by atoms with van der Waals surface area (Å²) in [6.07, 6.45) is 3.54. The highest BCUT2D eigenvalue weighted by Crippen LogP contribution is 2.21. The molecule has 6 heteroatoms. The van der Waals surface area contributed by atoms with Crippen LogP contribution in [0.3, 0.4) is 0 Å². The number of likely N-dealkylation sites (tertiary alicyclic amines) is 1. The van der Waals surface area contributed by atoms with Crippen molar-refractivity contribution < 1.29 is 14.3 Å². The van der Waals surface area contributed by atoms with Crippen LogP contribution >= 0.6 is 0 Å². The van der Waals surface area contributed by atoms with Crippen molar-refractivity contribution >= 4 is 11.8 Å². The van der Waals surface area contributed by atoms with E-state index in [1.54, 1.807) is 25.3 Å². The first-order valence-corrected chi connectivity index (χ1v) is 9.62. The third kappa shape index (κ3) is 5.09. The average molecular weight is 381 g/mol. The standard InChI is InChI=1S/C22H27N3O3/c1-24(16-19-5-3-4-13-23-19)22(27)18-8-11-21(26)25(15-18)14-12-17-6-9-20(28-2)10-7-17/h3-7,9-10,13,18H,8,11-12,14-16H2,1-2H3/t18-/m0/s1. The number of aromatic nitrogens is 1. The highest BCUT2D eigenvalue weighted by molar-refractivity contribution is 5.83. The van der Waals surface area contributed by atoms with Crippen LogP contribution in [0, 0.1) is 5.92 Å². The van der Waals surface area contributed by atoms with Gasteiger partial charge in [0.15, 0.2) is 0 Å². The molecule has 1 saturated heterocycles. The van der Waals surface area contributed by atoms with Gasteiger partial charge in [-0.05, 0) is 42.7 Å². The zero-order valence-corrected chi connectivity index (χ0v) is 16.5. The monoisotopic (exact) mass is 381 g/mol. The number of carbonyl (C=O) groups is 2. The first-order valence-electron chi connectivity index (χ1n) is 9.62. The Balaban J connectivity index is 1.55. The molecule has 148 valence electrons. The maximum Gasteiger partial charge on any atom is 0.227 e. The maximum absolute atomic E-state index is 12.8. The van der Waals surface area contributed by atoms with Gasteiger partial charge in [0, 0.05) is 32.8 Å². The van der Waals surface area contributed by atoms with Crippen molar-refractivity contribution in [2.45, 2.75) is 25.8 Å². The number of ether oxygens (including phenoxy) is 1. The summed E-state index contributed by atoms with van der Waals surface area (Å²) in [5.41, 5.74) is 2.01. The van der Waals surface area contributed by atoms with Crippen LogP contribution in [-0.4, -0.2) is 53.8 Å². The Morgan fingerprint density at radius 2 is 2.04 bits per heavy atom. The summed E-state index contributed by atoms with van der Waals surface area (Å²) in [6.45, 7) is 1.59. The molecule has 0 radical (unpaired) electrons. The molecule has 3 rings (SSSR count). The van der Waals surface area contributed by atoms with E-state index in [-0.39, 0.29) is 17.7 Å². The van der Waals surface area contributed by atoms with Crippen molar-refractivity contribution in [1.82, 2.24) is 14.8 Å². The number of carbonyl (C=O) groups excluding carboxylic acids is 2. The number of rotatable bonds is 7. The molecule has 0 unspecified atom stereocenters. The summed E-state index contributed by atoms with van der Waals surface area (Å²) in [6, 6.07) is 13.6. The molecule has 1 fully saturated rings. The summed E-state index contributed by atoms with van der Waals surface area (Å²) in [5.74, 6) is 0.874.